The van der Waals surface area contributed by atoms with Gasteiger partial charge in [0.05, 0.1) is 34.2 Å². The first-order valence-electron chi connectivity index (χ1n) is 12.7. The Hall–Kier alpha value is -2.12. The molecule has 6 aliphatic carbocycles. The van der Waals surface area contributed by atoms with Gasteiger partial charge in [0, 0.05) is 12.6 Å². The van der Waals surface area contributed by atoms with Crippen molar-refractivity contribution < 1.29 is 14.3 Å². The number of halogens is 1. The fraction of sp³-hybridized carbons (Fsp3) is 0.654. The summed E-state index contributed by atoms with van der Waals surface area (Å²) in [6.45, 7) is 4.51. The van der Waals surface area contributed by atoms with E-state index in [1.165, 1.54) is 0 Å². The van der Waals surface area contributed by atoms with Crippen molar-refractivity contribution >= 4 is 35.1 Å². The molecule has 2 aliphatic heterocycles. The summed E-state index contributed by atoms with van der Waals surface area (Å²) < 4.78 is 5.62. The first kappa shape index (κ1) is 20.1. The molecule has 3 atom stereocenters. The smallest absolute Gasteiger partial charge is 0.232 e. The number of anilines is 1. The maximum atomic E-state index is 13.4. The lowest BCUT2D eigenvalue weighted by Gasteiger charge is -3.06. The second-order valence-electron chi connectivity index (χ2n) is 12.0. The van der Waals surface area contributed by atoms with E-state index in [4.69, 9.17) is 21.7 Å². The van der Waals surface area contributed by atoms with E-state index in [-0.39, 0.29) is 41.8 Å². The van der Waals surface area contributed by atoms with Gasteiger partial charge < -0.3 is 15.4 Å². The van der Waals surface area contributed by atoms with Crippen LogP contribution >= 0.6 is 11.6 Å². The van der Waals surface area contributed by atoms with E-state index in [0.717, 1.165) is 42.1 Å². The summed E-state index contributed by atoms with van der Waals surface area (Å²) in [7, 11) is 0. The van der Waals surface area contributed by atoms with Gasteiger partial charge in [0.2, 0.25) is 11.8 Å². The zero-order valence-electron chi connectivity index (χ0n) is 19.3. The highest BCUT2D eigenvalue weighted by Crippen LogP contribution is 3.05. The predicted octanol–water partition coefficient (Wildman–Crippen LogP) is 3.19. The minimum absolute atomic E-state index is 0.0290. The number of carbonyl (C=O) groups is 2. The fourth-order valence-corrected chi connectivity index (χ4v) is 10.2. The number of amides is 2. The third-order valence-corrected chi connectivity index (χ3v) is 11.3. The van der Waals surface area contributed by atoms with Gasteiger partial charge in [-0.2, -0.15) is 0 Å². The van der Waals surface area contributed by atoms with E-state index in [2.05, 4.69) is 10.6 Å². The molecule has 8 heteroatoms. The summed E-state index contributed by atoms with van der Waals surface area (Å²) in [6.07, 6.45) is 1.72. The highest BCUT2D eigenvalue weighted by molar-refractivity contribution is 6.34. The molecular formula is C26H29ClN4O3. The second kappa shape index (κ2) is 5.98. The molecule has 1 aromatic carbocycles. The maximum absolute atomic E-state index is 13.4. The van der Waals surface area contributed by atoms with Crippen molar-refractivity contribution in [1.29, 1.82) is 5.41 Å². The van der Waals surface area contributed by atoms with Gasteiger partial charge in [-0.15, -0.1) is 0 Å². The Bertz CT molecular complexity index is 1130. The largest absolute Gasteiger partial charge is 0.378 e. The zero-order valence-corrected chi connectivity index (χ0v) is 20.1. The summed E-state index contributed by atoms with van der Waals surface area (Å²) in [6, 6.07) is 5.59. The van der Waals surface area contributed by atoms with Gasteiger partial charge in [-0.05, 0) is 79.7 Å². The second-order valence-corrected chi connectivity index (χ2v) is 12.4. The molecule has 2 amide bonds. The molecule has 178 valence electrons. The predicted molar refractivity (Wildman–Crippen MR) is 125 cm³/mol. The van der Waals surface area contributed by atoms with Crippen molar-refractivity contribution in [3.63, 3.8) is 0 Å². The quantitative estimate of drug-likeness (QED) is 0.617. The van der Waals surface area contributed by atoms with Crippen LogP contribution in [-0.4, -0.2) is 41.4 Å². The molecule has 0 spiro atoms. The van der Waals surface area contributed by atoms with Gasteiger partial charge >= 0.3 is 0 Å². The standard InChI is InChI=1S/C26H29ClN4O3/c1-10-8-11(6-7-34-10)31-14(32)9-25(2,30-24(31)28)12-4-3-5-13(22(12)27)29-23(33)26-19-16-15-17(19)21(26)18(15)20(16)26/h3-5,10-11,15-21H,6-9H2,1-2H3,(H2,28,30)(H,29,33)/t10-,11-,15?,16?,17?,18?,19?,20?,21?,25+,26?/m1/s1. The maximum Gasteiger partial charge on any atom is 0.232 e. The first-order valence-corrected chi connectivity index (χ1v) is 13.1. The van der Waals surface area contributed by atoms with E-state index < -0.39 is 5.54 Å². The highest BCUT2D eigenvalue weighted by atomic mass is 35.5. The minimum Gasteiger partial charge on any atom is -0.378 e. The molecule has 6 saturated carbocycles. The lowest BCUT2D eigenvalue weighted by molar-refractivity contribution is -0.595. The van der Waals surface area contributed by atoms with Crippen LogP contribution in [0.4, 0.5) is 5.69 Å². The lowest BCUT2D eigenvalue weighted by atomic mass is 8.96. The Kier molecular flexibility index (Phi) is 3.54. The number of hydrogen-bond acceptors (Lipinski definition) is 4. The van der Waals surface area contributed by atoms with E-state index in [9.17, 15) is 9.59 Å². The topological polar surface area (TPSA) is 94.5 Å². The fourth-order valence-electron chi connectivity index (χ4n) is 9.81. The molecule has 0 bridgehead atoms. The molecule has 2 saturated heterocycles. The number of benzene rings is 1. The Morgan fingerprint density at radius 3 is 2.59 bits per heavy atom. The number of rotatable bonds is 4. The summed E-state index contributed by atoms with van der Waals surface area (Å²) >= 11 is 6.86. The minimum atomic E-state index is -0.819. The number of carbonyl (C=O) groups excluding carboxylic acids is 2. The number of hydrogen-bond donors (Lipinski definition) is 3. The van der Waals surface area contributed by atoms with Crippen LogP contribution in [-0.2, 0) is 19.9 Å². The van der Waals surface area contributed by atoms with Crippen molar-refractivity contribution in [3.05, 3.63) is 28.8 Å². The van der Waals surface area contributed by atoms with Crippen LogP contribution < -0.4 is 10.6 Å². The SMILES string of the molecule is C[C@@H]1C[C@H](N2C(=N)N[C@](C)(c3cccc(NC(=O)C45C6C7C8C6C4C8C75)c3Cl)CC2=O)CCO1. The molecule has 3 N–H and O–H groups in total. The van der Waals surface area contributed by atoms with Crippen LogP contribution in [0.5, 0.6) is 0 Å². The van der Waals surface area contributed by atoms with Crippen molar-refractivity contribution in [2.45, 2.75) is 50.8 Å². The molecular weight excluding hydrogens is 452 g/mol. The number of nitrogens with zero attached hydrogens (tertiary/aromatic N) is 1. The highest BCUT2D eigenvalue weighted by Gasteiger charge is 3.06. The van der Waals surface area contributed by atoms with Crippen LogP contribution in [0.25, 0.3) is 0 Å². The van der Waals surface area contributed by atoms with E-state index in [1.807, 2.05) is 32.0 Å². The molecule has 34 heavy (non-hydrogen) atoms. The van der Waals surface area contributed by atoms with Crippen LogP contribution in [0.1, 0.15) is 38.7 Å². The Balaban J connectivity index is 1.03. The molecule has 0 radical (unpaired) electrons. The van der Waals surface area contributed by atoms with Crippen molar-refractivity contribution in [3.8, 4) is 0 Å². The van der Waals surface area contributed by atoms with Crippen molar-refractivity contribution in [2.75, 3.05) is 11.9 Å². The molecule has 7 nitrogen and oxygen atoms in total. The third kappa shape index (κ3) is 1.92. The van der Waals surface area contributed by atoms with Gasteiger partial charge in [-0.1, -0.05) is 23.7 Å². The molecule has 8 fully saturated rings. The molecule has 8 aliphatic rings. The summed E-state index contributed by atoms with van der Waals surface area (Å²) in [5, 5.41) is 15.6. The molecule has 0 aromatic heterocycles. The molecule has 2 heterocycles. The average molecular weight is 481 g/mol. The van der Waals surface area contributed by atoms with Gasteiger partial charge in [-0.3, -0.25) is 19.9 Å². The summed E-state index contributed by atoms with van der Waals surface area (Å²) in [4.78, 5) is 28.2. The van der Waals surface area contributed by atoms with E-state index in [1.54, 1.807) is 4.90 Å². The summed E-state index contributed by atoms with van der Waals surface area (Å²) in [5.41, 5.74) is 0.432. The van der Waals surface area contributed by atoms with Crippen molar-refractivity contribution in [1.82, 2.24) is 10.2 Å². The van der Waals surface area contributed by atoms with E-state index >= 15 is 0 Å². The Morgan fingerprint density at radius 1 is 1.24 bits per heavy atom. The zero-order chi connectivity index (χ0) is 23.3. The Morgan fingerprint density at radius 2 is 1.94 bits per heavy atom. The monoisotopic (exact) mass is 480 g/mol. The number of guanidine groups is 1. The van der Waals surface area contributed by atoms with Gasteiger partial charge in [0.25, 0.3) is 0 Å². The van der Waals surface area contributed by atoms with Gasteiger partial charge in [0.15, 0.2) is 5.96 Å². The molecule has 1 aromatic rings. The lowest BCUT2D eigenvalue weighted by Crippen LogP contribution is -3.06. The molecule has 0 unspecified atom stereocenters. The Labute approximate surface area is 203 Å². The number of nitrogens with one attached hydrogen (secondary N) is 3. The first-order chi connectivity index (χ1) is 16.3. The van der Waals surface area contributed by atoms with Gasteiger partial charge in [-0.25, -0.2) is 0 Å². The third-order valence-electron chi connectivity index (χ3n) is 10.9. The van der Waals surface area contributed by atoms with Crippen molar-refractivity contribution in [2.24, 2.45) is 46.8 Å². The van der Waals surface area contributed by atoms with Crippen LogP contribution in [0.3, 0.4) is 0 Å². The average Bonchev–Trinajstić information content (AvgIpc) is 2.80. The van der Waals surface area contributed by atoms with Gasteiger partial charge in [0.1, 0.15) is 0 Å². The van der Waals surface area contributed by atoms with Crippen LogP contribution in [0.15, 0.2) is 18.2 Å². The van der Waals surface area contributed by atoms with E-state index in [0.29, 0.717) is 35.1 Å². The summed E-state index contributed by atoms with van der Waals surface area (Å²) in [5.74, 6) is 5.58. The number of ether oxygens (including phenoxy) is 1. The van der Waals surface area contributed by atoms with Crippen LogP contribution in [0.2, 0.25) is 5.02 Å². The van der Waals surface area contributed by atoms with Crippen LogP contribution in [0, 0.1) is 52.2 Å². The molecule has 9 rings (SSSR count). The normalized spacial score (nSPS) is 50.6.